The Hall–Kier alpha value is -0.830. The summed E-state index contributed by atoms with van der Waals surface area (Å²) in [6, 6.07) is 2.38. The Kier molecular flexibility index (Phi) is 5.44. The van der Waals surface area contributed by atoms with Crippen molar-refractivity contribution in [3.8, 4) is 0 Å². The summed E-state index contributed by atoms with van der Waals surface area (Å²) in [7, 11) is 0. The van der Waals surface area contributed by atoms with Gasteiger partial charge in [0.1, 0.15) is 16.8 Å². The molecule has 4 heteroatoms. The summed E-state index contributed by atoms with van der Waals surface area (Å²) in [6.07, 6.45) is 8.38. The molecule has 3 nitrogen and oxygen atoms in total. The van der Waals surface area contributed by atoms with Gasteiger partial charge in [0.2, 0.25) is 0 Å². The molecule has 1 aromatic heterocycles. The normalized spacial score (nSPS) is 23.3. The lowest BCUT2D eigenvalue weighted by Gasteiger charge is -2.28. The highest BCUT2D eigenvalue weighted by Gasteiger charge is 2.20. The van der Waals surface area contributed by atoms with Gasteiger partial charge in [-0.15, -0.1) is 0 Å². The molecule has 0 aromatic carbocycles. The van der Waals surface area contributed by atoms with Crippen LogP contribution in [0.15, 0.2) is 6.07 Å². The lowest BCUT2D eigenvalue weighted by Crippen LogP contribution is -2.26. The molecule has 1 aromatic rings. The quantitative estimate of drug-likeness (QED) is 0.810. The molecule has 1 fully saturated rings. The number of halogens is 1. The maximum Gasteiger partial charge on any atom is 0.134 e. The zero-order chi connectivity index (χ0) is 13.7. The highest BCUT2D eigenvalue weighted by atomic mass is 35.5. The molecule has 0 radical (unpaired) electrons. The predicted molar refractivity (Wildman–Crippen MR) is 80.7 cm³/mol. The Morgan fingerprint density at radius 3 is 2.58 bits per heavy atom. The zero-order valence-electron chi connectivity index (χ0n) is 12.0. The summed E-state index contributed by atoms with van der Waals surface area (Å²) in [5.41, 5.74) is 0. The smallest absolute Gasteiger partial charge is 0.134 e. The van der Waals surface area contributed by atoms with Crippen LogP contribution in [0, 0.1) is 5.92 Å². The topological polar surface area (TPSA) is 37.8 Å². The van der Waals surface area contributed by atoms with Crippen molar-refractivity contribution in [1.29, 1.82) is 0 Å². The number of aromatic nitrogens is 2. The van der Waals surface area contributed by atoms with Crippen LogP contribution in [-0.4, -0.2) is 16.0 Å². The van der Waals surface area contributed by atoms with Crippen LogP contribution in [0.25, 0.3) is 0 Å². The van der Waals surface area contributed by atoms with Crippen LogP contribution in [-0.2, 0) is 6.42 Å². The molecule has 106 valence electrons. The van der Waals surface area contributed by atoms with Gasteiger partial charge in [-0.2, -0.15) is 0 Å². The van der Waals surface area contributed by atoms with Crippen molar-refractivity contribution in [2.45, 2.75) is 64.8 Å². The fourth-order valence-electron chi connectivity index (χ4n) is 2.80. The molecule has 0 bridgehead atoms. The number of rotatable bonds is 5. The number of hydrogen-bond acceptors (Lipinski definition) is 3. The van der Waals surface area contributed by atoms with Crippen LogP contribution < -0.4 is 5.32 Å². The Morgan fingerprint density at radius 1 is 1.21 bits per heavy atom. The molecule has 1 aliphatic carbocycles. The maximum atomic E-state index is 6.06. The molecule has 0 aliphatic heterocycles. The van der Waals surface area contributed by atoms with Crippen LogP contribution in [0.4, 0.5) is 5.82 Å². The largest absolute Gasteiger partial charge is 0.367 e. The molecule has 1 saturated carbocycles. The Morgan fingerprint density at radius 2 is 1.95 bits per heavy atom. The second-order valence-corrected chi connectivity index (χ2v) is 5.90. The average molecular weight is 282 g/mol. The van der Waals surface area contributed by atoms with Gasteiger partial charge in [-0.05, 0) is 38.0 Å². The van der Waals surface area contributed by atoms with E-state index in [1.54, 1.807) is 0 Å². The van der Waals surface area contributed by atoms with Gasteiger partial charge >= 0.3 is 0 Å². The first kappa shape index (κ1) is 14.6. The van der Waals surface area contributed by atoms with E-state index in [1.165, 1.54) is 32.1 Å². The molecule has 0 atom stereocenters. The van der Waals surface area contributed by atoms with E-state index in [0.717, 1.165) is 30.4 Å². The number of anilines is 1. The van der Waals surface area contributed by atoms with E-state index in [0.29, 0.717) is 11.2 Å². The monoisotopic (exact) mass is 281 g/mol. The third-order valence-electron chi connectivity index (χ3n) is 3.99. The van der Waals surface area contributed by atoms with Crippen molar-refractivity contribution in [3.05, 3.63) is 17.0 Å². The maximum absolute atomic E-state index is 6.06. The van der Waals surface area contributed by atoms with Crippen LogP contribution >= 0.6 is 11.6 Å². The molecule has 0 amide bonds. The number of nitrogens with zero attached hydrogens (tertiary/aromatic N) is 2. The van der Waals surface area contributed by atoms with E-state index in [9.17, 15) is 0 Å². The molecule has 0 unspecified atom stereocenters. The molecule has 1 heterocycles. The highest BCUT2D eigenvalue weighted by Crippen LogP contribution is 2.28. The summed E-state index contributed by atoms with van der Waals surface area (Å²) in [4.78, 5) is 8.81. The summed E-state index contributed by atoms with van der Waals surface area (Å²) in [6.45, 7) is 4.42. The zero-order valence-corrected chi connectivity index (χ0v) is 12.7. The first-order chi connectivity index (χ1) is 9.21. The van der Waals surface area contributed by atoms with Crippen molar-refractivity contribution in [3.63, 3.8) is 0 Å². The molecular weight excluding hydrogens is 258 g/mol. The van der Waals surface area contributed by atoms with Gasteiger partial charge in [0.15, 0.2) is 0 Å². The third-order valence-corrected chi connectivity index (χ3v) is 4.18. The van der Waals surface area contributed by atoms with Gasteiger partial charge in [0.05, 0.1) is 0 Å². The van der Waals surface area contributed by atoms with Crippen molar-refractivity contribution >= 4 is 17.4 Å². The van der Waals surface area contributed by atoms with Crippen LogP contribution in [0.1, 0.15) is 58.2 Å². The minimum absolute atomic E-state index is 0.545. The first-order valence-electron chi connectivity index (χ1n) is 7.51. The first-order valence-corrected chi connectivity index (χ1v) is 7.89. The van der Waals surface area contributed by atoms with Crippen molar-refractivity contribution in [1.82, 2.24) is 9.97 Å². The molecule has 1 N–H and O–H groups in total. The Balaban J connectivity index is 1.95. The minimum atomic E-state index is 0.545. The molecule has 0 spiro atoms. The lowest BCUT2D eigenvalue weighted by molar-refractivity contribution is 0.330. The Bertz CT molecular complexity index is 400. The van der Waals surface area contributed by atoms with Gasteiger partial charge in [0.25, 0.3) is 0 Å². The summed E-state index contributed by atoms with van der Waals surface area (Å²) in [5.74, 6) is 2.66. The van der Waals surface area contributed by atoms with Gasteiger partial charge in [-0.3, -0.25) is 0 Å². The molecule has 1 aliphatic rings. The Labute approximate surface area is 121 Å². The van der Waals surface area contributed by atoms with E-state index < -0.39 is 0 Å². The van der Waals surface area contributed by atoms with Crippen molar-refractivity contribution in [2.75, 3.05) is 5.32 Å². The standard InChI is InChI=1S/C15H24ClN3/c1-3-5-14-18-13(16)10-15(19-14)17-12-8-6-11(4-2)7-9-12/h10-12H,3-9H2,1-2H3,(H,17,18,19). The molecule has 2 rings (SSSR count). The second-order valence-electron chi connectivity index (χ2n) is 5.51. The van der Waals surface area contributed by atoms with Crippen LogP contribution in [0.5, 0.6) is 0 Å². The molecule has 19 heavy (non-hydrogen) atoms. The molecular formula is C15H24ClN3. The fraction of sp³-hybridized carbons (Fsp3) is 0.733. The fourth-order valence-corrected chi connectivity index (χ4v) is 3.00. The van der Waals surface area contributed by atoms with Gasteiger partial charge < -0.3 is 5.32 Å². The average Bonchev–Trinajstić information content (AvgIpc) is 2.39. The van der Waals surface area contributed by atoms with Crippen LogP contribution in [0.3, 0.4) is 0 Å². The van der Waals surface area contributed by atoms with E-state index in [2.05, 4.69) is 29.1 Å². The number of hydrogen-bond donors (Lipinski definition) is 1. The highest BCUT2D eigenvalue weighted by molar-refractivity contribution is 6.29. The van der Waals surface area contributed by atoms with E-state index in [4.69, 9.17) is 11.6 Å². The van der Waals surface area contributed by atoms with E-state index in [-0.39, 0.29) is 0 Å². The molecule has 0 saturated heterocycles. The van der Waals surface area contributed by atoms with Crippen LogP contribution in [0.2, 0.25) is 5.15 Å². The van der Waals surface area contributed by atoms with Crippen molar-refractivity contribution in [2.24, 2.45) is 5.92 Å². The van der Waals surface area contributed by atoms with Gasteiger partial charge in [-0.25, -0.2) is 9.97 Å². The van der Waals surface area contributed by atoms with Gasteiger partial charge in [-0.1, -0.05) is 31.9 Å². The summed E-state index contributed by atoms with van der Waals surface area (Å²) in [5, 5.41) is 4.07. The number of nitrogens with one attached hydrogen (secondary N) is 1. The number of aryl methyl sites for hydroxylation is 1. The van der Waals surface area contributed by atoms with Crippen molar-refractivity contribution < 1.29 is 0 Å². The minimum Gasteiger partial charge on any atom is -0.367 e. The van der Waals surface area contributed by atoms with E-state index in [1.807, 2.05) is 6.07 Å². The summed E-state index contributed by atoms with van der Waals surface area (Å²) < 4.78 is 0. The second kappa shape index (κ2) is 7.09. The van der Waals surface area contributed by atoms with E-state index >= 15 is 0 Å². The summed E-state index contributed by atoms with van der Waals surface area (Å²) >= 11 is 6.06. The SMILES string of the molecule is CCCc1nc(Cl)cc(NC2CCC(CC)CC2)n1. The third kappa shape index (κ3) is 4.34. The van der Waals surface area contributed by atoms with Gasteiger partial charge in [0, 0.05) is 18.5 Å². The lowest BCUT2D eigenvalue weighted by atomic mass is 9.84. The predicted octanol–water partition coefficient (Wildman–Crippen LogP) is 4.46.